The molecule has 7 aliphatic rings. The zero-order valence-corrected chi connectivity index (χ0v) is 31.2. The number of rotatable bonds is 9. The Labute approximate surface area is 323 Å². The number of hydrogen-bond acceptors (Lipinski definition) is 13. The molecule has 5 heterocycles. The molecule has 2 aromatic carbocycles. The quantitative estimate of drug-likeness (QED) is 0.212. The first-order valence-electron chi connectivity index (χ1n) is 19.3. The number of nitrogens with zero attached hydrogens (tertiary/aromatic N) is 2. The van der Waals surface area contributed by atoms with Crippen LogP contribution in [0.1, 0.15) is 55.4 Å². The molecule has 296 valence electrons. The number of fused-ring (bicyclic) bond motifs is 5. The highest BCUT2D eigenvalue weighted by atomic mass is 16.8. The van der Waals surface area contributed by atoms with Crippen molar-refractivity contribution in [3.8, 4) is 0 Å². The van der Waals surface area contributed by atoms with Gasteiger partial charge in [0.1, 0.15) is 42.5 Å². The fourth-order valence-corrected chi connectivity index (χ4v) is 9.84. The van der Waals surface area contributed by atoms with Crippen molar-refractivity contribution in [1.29, 1.82) is 0 Å². The number of nitrogens with one attached hydrogen (secondary N) is 1. The normalized spacial score (nSPS) is 33.3. The highest BCUT2D eigenvalue weighted by Gasteiger charge is 2.77. The second-order valence-corrected chi connectivity index (χ2v) is 16.5. The first kappa shape index (κ1) is 36.9. The average Bonchev–Trinajstić information content (AvgIpc) is 4.00. The molecule has 2 bridgehead atoms. The van der Waals surface area contributed by atoms with Gasteiger partial charge in [0.05, 0.1) is 13.2 Å². The molecule has 15 nitrogen and oxygen atoms in total. The van der Waals surface area contributed by atoms with Crippen LogP contribution in [0.3, 0.4) is 0 Å². The first-order valence-corrected chi connectivity index (χ1v) is 19.3. The molecule has 8 atom stereocenters. The van der Waals surface area contributed by atoms with Gasteiger partial charge in [0, 0.05) is 43.8 Å². The maximum Gasteiger partial charge on any atom is 0.348 e. The van der Waals surface area contributed by atoms with E-state index in [1.165, 1.54) is 11.1 Å². The molecule has 15 heteroatoms. The minimum Gasteiger partial charge on any atom is -0.462 e. The van der Waals surface area contributed by atoms with Crippen molar-refractivity contribution >= 4 is 35.8 Å². The predicted octanol–water partition coefficient (Wildman–Crippen LogP) is 1.37. The molecular formula is C41H45N3O12. The average molecular weight is 772 g/mol. The van der Waals surface area contributed by atoms with Gasteiger partial charge in [0.2, 0.25) is 17.9 Å². The lowest BCUT2D eigenvalue weighted by molar-refractivity contribution is -0.218. The third-order valence-electron chi connectivity index (χ3n) is 12.4. The molecule has 56 heavy (non-hydrogen) atoms. The molecular weight excluding hydrogens is 726 g/mol. The summed E-state index contributed by atoms with van der Waals surface area (Å²) in [7, 11) is 0. The molecule has 6 fully saturated rings. The number of aliphatic hydroxyl groups is 1. The van der Waals surface area contributed by atoms with Gasteiger partial charge in [-0.3, -0.25) is 19.2 Å². The molecule has 2 N–H and O–H groups in total. The molecule has 0 aromatic heterocycles. The summed E-state index contributed by atoms with van der Waals surface area (Å²) in [5.74, 6) is -3.74. The number of hydrogen-bond donors (Lipinski definition) is 2. The van der Waals surface area contributed by atoms with Gasteiger partial charge in [-0.2, -0.15) is 5.06 Å². The van der Waals surface area contributed by atoms with E-state index in [2.05, 4.69) is 5.32 Å². The van der Waals surface area contributed by atoms with Gasteiger partial charge in [0.15, 0.2) is 11.8 Å². The van der Waals surface area contributed by atoms with Crippen molar-refractivity contribution in [1.82, 2.24) is 15.3 Å². The number of carbonyl (C=O) groups is 5. The molecule has 5 saturated heterocycles. The lowest BCUT2D eigenvalue weighted by Gasteiger charge is -2.50. The second-order valence-electron chi connectivity index (χ2n) is 16.5. The van der Waals surface area contributed by atoms with Crippen LogP contribution < -0.4 is 5.32 Å². The monoisotopic (exact) mass is 771 g/mol. The summed E-state index contributed by atoms with van der Waals surface area (Å²) in [6, 6.07) is 13.2. The summed E-state index contributed by atoms with van der Waals surface area (Å²) in [4.78, 5) is 76.4. The van der Waals surface area contributed by atoms with Crippen LogP contribution in [0.5, 0.6) is 0 Å². The molecule has 0 radical (unpaired) electrons. The number of benzene rings is 2. The van der Waals surface area contributed by atoms with Crippen LogP contribution in [0.4, 0.5) is 0 Å². The standard InChI is InChI=1S/C41H45N3O12/c1-39(2)22-51-37(49)34(39)53-29(46)14-13-23-8-3-6-11-26(23)21-44-32-36(48)52-28-20-41(32,38(50)43-16-7-12-27(43)35(47)42-15-17-45)33(56-44)31-30(28)54-40(55-31)18-24-9-4-5-10-25(24)19-40/h3-6,8-11,13-14,27-28,30-34,45H,7,12,15-22H2,1-2H3,(H,42,47)/t27-,28+,30+,31+,32+,33-,34+,41+/m1/s1. The molecule has 5 aliphatic heterocycles. The van der Waals surface area contributed by atoms with E-state index in [-0.39, 0.29) is 44.5 Å². The van der Waals surface area contributed by atoms with Crippen LogP contribution in [0.15, 0.2) is 54.6 Å². The third-order valence-corrected chi connectivity index (χ3v) is 12.4. The summed E-state index contributed by atoms with van der Waals surface area (Å²) in [5.41, 5.74) is 1.31. The Hall–Kier alpha value is -4.67. The minimum absolute atomic E-state index is 0.0166. The number of carbonyl (C=O) groups excluding carboxylic acids is 5. The lowest BCUT2D eigenvalue weighted by atomic mass is 9.62. The Morgan fingerprint density at radius 3 is 2.46 bits per heavy atom. The van der Waals surface area contributed by atoms with Gasteiger partial charge in [-0.1, -0.05) is 62.4 Å². The number of hydroxylamine groups is 2. The van der Waals surface area contributed by atoms with E-state index in [0.29, 0.717) is 43.4 Å². The number of likely N-dealkylation sites (tertiary alicyclic amines) is 1. The molecule has 2 aliphatic carbocycles. The van der Waals surface area contributed by atoms with Gasteiger partial charge in [-0.25, -0.2) is 9.59 Å². The fraction of sp³-hybridized carbons (Fsp3) is 0.537. The Morgan fingerprint density at radius 1 is 1.00 bits per heavy atom. The Morgan fingerprint density at radius 2 is 1.73 bits per heavy atom. The van der Waals surface area contributed by atoms with Crippen molar-refractivity contribution in [3.63, 3.8) is 0 Å². The minimum atomic E-state index is -1.49. The number of cyclic esters (lactones) is 1. The third kappa shape index (κ3) is 5.94. The van der Waals surface area contributed by atoms with Crippen LogP contribution in [-0.2, 0) is 71.9 Å². The van der Waals surface area contributed by atoms with Crippen LogP contribution in [-0.4, -0.2) is 119 Å². The van der Waals surface area contributed by atoms with Gasteiger partial charge in [-0.05, 0) is 41.2 Å². The molecule has 1 spiro atoms. The highest BCUT2D eigenvalue weighted by molar-refractivity contribution is 5.97. The van der Waals surface area contributed by atoms with Crippen molar-refractivity contribution < 1.29 is 57.6 Å². The number of esters is 3. The molecule has 2 amide bonds. The van der Waals surface area contributed by atoms with Crippen LogP contribution >= 0.6 is 0 Å². The zero-order valence-electron chi connectivity index (χ0n) is 31.2. The van der Waals surface area contributed by atoms with Crippen LogP contribution in [0.25, 0.3) is 6.08 Å². The highest BCUT2D eigenvalue weighted by Crippen LogP contribution is 2.59. The maximum absolute atomic E-state index is 15.3. The van der Waals surface area contributed by atoms with Crippen LogP contribution in [0, 0.1) is 10.8 Å². The lowest BCUT2D eigenvalue weighted by Crippen LogP contribution is -2.70. The van der Waals surface area contributed by atoms with Gasteiger partial charge < -0.3 is 39.0 Å². The van der Waals surface area contributed by atoms with Gasteiger partial charge >= 0.3 is 17.9 Å². The van der Waals surface area contributed by atoms with E-state index >= 15 is 4.79 Å². The number of ether oxygens (including phenoxy) is 5. The van der Waals surface area contributed by atoms with Gasteiger partial charge in [0.25, 0.3) is 0 Å². The first-order chi connectivity index (χ1) is 26.9. The van der Waals surface area contributed by atoms with E-state index in [4.69, 9.17) is 28.5 Å². The molecule has 9 rings (SSSR count). The van der Waals surface area contributed by atoms with E-state index in [1.807, 2.05) is 36.4 Å². The zero-order chi connectivity index (χ0) is 39.0. The summed E-state index contributed by atoms with van der Waals surface area (Å²) in [5, 5.41) is 13.6. The van der Waals surface area contributed by atoms with Crippen molar-refractivity contribution in [2.75, 3.05) is 26.3 Å². The Bertz CT molecular complexity index is 1980. The number of amides is 2. The van der Waals surface area contributed by atoms with E-state index < -0.39 is 77.1 Å². The smallest absolute Gasteiger partial charge is 0.348 e. The summed E-state index contributed by atoms with van der Waals surface area (Å²) in [6.45, 7) is 3.84. The van der Waals surface area contributed by atoms with Gasteiger partial charge in [-0.15, -0.1) is 0 Å². The summed E-state index contributed by atoms with van der Waals surface area (Å²) in [6.07, 6.45) is 0.595. The van der Waals surface area contributed by atoms with Crippen molar-refractivity contribution in [3.05, 3.63) is 76.9 Å². The molecule has 1 saturated carbocycles. The van der Waals surface area contributed by atoms with Crippen LogP contribution in [0.2, 0.25) is 0 Å². The predicted molar refractivity (Wildman–Crippen MR) is 192 cm³/mol. The van der Waals surface area contributed by atoms with Crippen molar-refractivity contribution in [2.24, 2.45) is 10.8 Å². The summed E-state index contributed by atoms with van der Waals surface area (Å²) < 4.78 is 30.4. The molecule has 0 unspecified atom stereocenters. The Balaban J connectivity index is 1.04. The topological polar surface area (TPSA) is 179 Å². The second kappa shape index (κ2) is 13.8. The Kier molecular flexibility index (Phi) is 9.08. The van der Waals surface area contributed by atoms with E-state index in [1.54, 1.807) is 37.0 Å². The summed E-state index contributed by atoms with van der Waals surface area (Å²) >= 11 is 0. The van der Waals surface area contributed by atoms with Crippen molar-refractivity contribution in [2.45, 2.75) is 101 Å². The van der Waals surface area contributed by atoms with E-state index in [9.17, 15) is 24.3 Å². The fourth-order valence-electron chi connectivity index (χ4n) is 9.84. The maximum atomic E-state index is 15.3. The SMILES string of the molecule is CC1(C)COC(=O)[C@@H]1OC(=O)C=Cc1ccccc1CN1O[C@@H]2[C@H]3OC4(Cc5ccccc5C4)O[C@H]3[C@@H]3C[C@]2(C(=O)N2CCC[C@@H]2C(=O)NCCO)[C@@H]1C(=O)O3. The largest absolute Gasteiger partial charge is 0.462 e. The van der Waals surface area contributed by atoms with E-state index in [0.717, 1.165) is 11.1 Å². The molecule has 2 aromatic rings. The number of aliphatic hydroxyl groups excluding tert-OH is 1.